The van der Waals surface area contributed by atoms with Crippen LogP contribution >= 0.6 is 0 Å². The summed E-state index contributed by atoms with van der Waals surface area (Å²) in [5.74, 6) is -2.54. The van der Waals surface area contributed by atoms with Crippen LogP contribution in [0.2, 0.25) is 0 Å². The number of hydrogen-bond donors (Lipinski definition) is 4. The molecule has 0 saturated carbocycles. The van der Waals surface area contributed by atoms with Crippen LogP contribution < -0.4 is 10.6 Å². The van der Waals surface area contributed by atoms with Gasteiger partial charge in [0.25, 0.3) is 0 Å². The van der Waals surface area contributed by atoms with E-state index in [0.29, 0.717) is 0 Å². The Morgan fingerprint density at radius 1 is 1.26 bits per heavy atom. The number of carboxylic acid groups (broad SMARTS) is 1. The van der Waals surface area contributed by atoms with Crippen LogP contribution in [0.4, 0.5) is 4.79 Å². The summed E-state index contributed by atoms with van der Waals surface area (Å²) in [6.45, 7) is 1.37. The van der Waals surface area contributed by atoms with E-state index >= 15 is 0 Å². The van der Waals surface area contributed by atoms with Crippen molar-refractivity contribution in [2.45, 2.75) is 38.5 Å². The summed E-state index contributed by atoms with van der Waals surface area (Å²) in [4.78, 5) is 34.6. The van der Waals surface area contributed by atoms with E-state index in [9.17, 15) is 19.5 Å². The number of aliphatic hydroxyl groups is 1. The largest absolute Gasteiger partial charge is 0.480 e. The van der Waals surface area contributed by atoms with Crippen molar-refractivity contribution >= 4 is 18.0 Å². The zero-order valence-corrected chi connectivity index (χ0v) is 14.9. The quantitative estimate of drug-likeness (QED) is 0.471. The molecule has 0 unspecified atom stereocenters. The van der Waals surface area contributed by atoms with Crippen molar-refractivity contribution in [1.29, 1.82) is 5.26 Å². The lowest BCUT2D eigenvalue weighted by Crippen LogP contribution is -2.46. The van der Waals surface area contributed by atoms with E-state index in [4.69, 9.17) is 15.1 Å². The minimum atomic E-state index is -1.26. The maximum atomic E-state index is 11.9. The molecule has 0 saturated heterocycles. The van der Waals surface area contributed by atoms with Gasteiger partial charge in [0.2, 0.25) is 5.91 Å². The molecule has 0 spiro atoms. The normalized spacial score (nSPS) is 13.5. The second-order valence-electron chi connectivity index (χ2n) is 6.02. The Labute approximate surface area is 156 Å². The average Bonchev–Trinajstić information content (AvgIpc) is 2.63. The molecule has 0 aliphatic rings. The predicted molar refractivity (Wildman–Crippen MR) is 94.2 cm³/mol. The highest BCUT2D eigenvalue weighted by atomic mass is 16.5. The van der Waals surface area contributed by atoms with E-state index in [2.05, 4.69) is 10.6 Å². The molecule has 146 valence electrons. The Hall–Kier alpha value is -3.12. The molecule has 0 fully saturated rings. The van der Waals surface area contributed by atoms with Gasteiger partial charge in [-0.3, -0.25) is 4.79 Å². The summed E-state index contributed by atoms with van der Waals surface area (Å²) in [5, 5.41) is 32.2. The van der Waals surface area contributed by atoms with E-state index in [-0.39, 0.29) is 19.6 Å². The molecule has 0 aliphatic carbocycles. The van der Waals surface area contributed by atoms with Gasteiger partial charge >= 0.3 is 12.1 Å². The van der Waals surface area contributed by atoms with Gasteiger partial charge in [0, 0.05) is 18.9 Å². The molecule has 3 atom stereocenters. The van der Waals surface area contributed by atoms with Gasteiger partial charge in [0.1, 0.15) is 12.6 Å². The molecule has 0 aromatic heterocycles. The van der Waals surface area contributed by atoms with Crippen LogP contribution in [-0.2, 0) is 20.9 Å². The van der Waals surface area contributed by atoms with Gasteiger partial charge in [-0.1, -0.05) is 37.3 Å². The molecule has 0 aliphatic heterocycles. The number of nitrogens with zero attached hydrogens (tertiary/aromatic N) is 1. The molecule has 0 radical (unpaired) electrons. The number of aliphatic carboxylic acids is 1. The molecule has 1 aromatic carbocycles. The first-order chi connectivity index (χ1) is 12.8. The molecule has 9 heteroatoms. The number of carbonyl (C=O) groups is 3. The minimum Gasteiger partial charge on any atom is -0.480 e. The fraction of sp³-hybridized carbons (Fsp3) is 0.444. The fourth-order valence-corrected chi connectivity index (χ4v) is 2.20. The predicted octanol–water partition coefficient (Wildman–Crippen LogP) is 0.783. The highest BCUT2D eigenvalue weighted by molar-refractivity contribution is 5.84. The van der Waals surface area contributed by atoms with Crippen molar-refractivity contribution in [3.8, 4) is 6.07 Å². The maximum Gasteiger partial charge on any atom is 0.407 e. The molecule has 27 heavy (non-hydrogen) atoms. The standard InChI is InChI=1S/C18H23N3O6/c1-12(7-8-19)16(17(24)25)21-15(23)9-14(22)10-20-18(26)27-11-13-5-3-2-4-6-13/h2-6,12,14,16,22H,7,9-11H2,1H3,(H,20,26)(H,21,23)(H,24,25)/t12-,14+,16-/m0/s1. The Morgan fingerprint density at radius 2 is 1.93 bits per heavy atom. The van der Waals surface area contributed by atoms with Crippen LogP contribution in [-0.4, -0.2) is 46.9 Å². The first kappa shape index (κ1) is 21.9. The van der Waals surface area contributed by atoms with Crippen LogP contribution in [0.25, 0.3) is 0 Å². The Morgan fingerprint density at radius 3 is 2.52 bits per heavy atom. The summed E-state index contributed by atoms with van der Waals surface area (Å²) in [6.07, 6.45) is -2.39. The molecule has 0 heterocycles. The van der Waals surface area contributed by atoms with Crippen LogP contribution in [0.15, 0.2) is 30.3 Å². The topological polar surface area (TPSA) is 149 Å². The van der Waals surface area contributed by atoms with E-state index in [1.807, 2.05) is 12.1 Å². The van der Waals surface area contributed by atoms with Crippen LogP contribution in [0.5, 0.6) is 0 Å². The maximum absolute atomic E-state index is 11.9. The van der Waals surface area contributed by atoms with E-state index in [1.165, 1.54) is 6.92 Å². The molecule has 0 bridgehead atoms. The first-order valence-corrected chi connectivity index (χ1v) is 8.35. The third-order valence-corrected chi connectivity index (χ3v) is 3.68. The third kappa shape index (κ3) is 8.69. The van der Waals surface area contributed by atoms with Gasteiger partial charge in [0.15, 0.2) is 0 Å². The van der Waals surface area contributed by atoms with Crippen LogP contribution in [0, 0.1) is 17.2 Å². The lowest BCUT2D eigenvalue weighted by atomic mass is 9.99. The summed E-state index contributed by atoms with van der Waals surface area (Å²) in [6, 6.07) is 9.65. The fourth-order valence-electron chi connectivity index (χ4n) is 2.20. The average molecular weight is 377 g/mol. The third-order valence-electron chi connectivity index (χ3n) is 3.68. The van der Waals surface area contributed by atoms with Gasteiger partial charge in [-0.2, -0.15) is 5.26 Å². The summed E-state index contributed by atoms with van der Waals surface area (Å²) in [5.41, 5.74) is 0.804. The number of rotatable bonds is 10. The van der Waals surface area contributed by atoms with Crippen LogP contribution in [0.1, 0.15) is 25.3 Å². The number of aliphatic hydroxyl groups excluding tert-OH is 1. The second-order valence-corrected chi connectivity index (χ2v) is 6.02. The number of nitrogens with one attached hydrogen (secondary N) is 2. The highest BCUT2D eigenvalue weighted by Crippen LogP contribution is 2.08. The molecule has 2 amide bonds. The highest BCUT2D eigenvalue weighted by Gasteiger charge is 2.27. The summed E-state index contributed by atoms with van der Waals surface area (Å²) < 4.78 is 4.97. The molecule has 4 N–H and O–H groups in total. The van der Waals surface area contributed by atoms with E-state index in [0.717, 1.165) is 5.56 Å². The molecule has 1 aromatic rings. The number of benzene rings is 1. The number of ether oxygens (including phenoxy) is 1. The van der Waals surface area contributed by atoms with Crippen molar-refractivity contribution < 1.29 is 29.3 Å². The van der Waals surface area contributed by atoms with Gasteiger partial charge in [-0.15, -0.1) is 0 Å². The Bertz CT molecular complexity index is 673. The zero-order chi connectivity index (χ0) is 20.2. The lowest BCUT2D eigenvalue weighted by molar-refractivity contribution is -0.143. The van der Waals surface area contributed by atoms with Gasteiger partial charge in [-0.05, 0) is 5.56 Å². The van der Waals surface area contributed by atoms with Crippen molar-refractivity contribution in [3.05, 3.63) is 35.9 Å². The minimum absolute atomic E-state index is 0.0331. The van der Waals surface area contributed by atoms with Gasteiger partial charge in [-0.25, -0.2) is 9.59 Å². The summed E-state index contributed by atoms with van der Waals surface area (Å²) in [7, 11) is 0. The molecular weight excluding hydrogens is 354 g/mol. The smallest absolute Gasteiger partial charge is 0.407 e. The Kier molecular flexibility index (Phi) is 9.33. The SMILES string of the molecule is C[C@@H](CC#N)[C@H](NC(=O)C[C@@H](O)CNC(=O)OCc1ccccc1)C(=O)O. The van der Waals surface area contributed by atoms with E-state index < -0.39 is 42.5 Å². The second kappa shape index (κ2) is 11.5. The van der Waals surface area contributed by atoms with E-state index in [1.54, 1.807) is 24.3 Å². The van der Waals surface area contributed by atoms with Crippen molar-refractivity contribution in [3.63, 3.8) is 0 Å². The zero-order valence-electron chi connectivity index (χ0n) is 14.9. The number of amides is 2. The number of carboxylic acids is 1. The number of nitriles is 1. The van der Waals surface area contributed by atoms with Crippen LogP contribution in [0.3, 0.4) is 0 Å². The van der Waals surface area contributed by atoms with Crippen molar-refractivity contribution in [2.75, 3.05) is 6.54 Å². The monoisotopic (exact) mass is 377 g/mol. The molecule has 1 rings (SSSR count). The van der Waals surface area contributed by atoms with Crippen molar-refractivity contribution in [1.82, 2.24) is 10.6 Å². The number of hydrogen-bond acceptors (Lipinski definition) is 6. The summed E-state index contributed by atoms with van der Waals surface area (Å²) >= 11 is 0. The lowest BCUT2D eigenvalue weighted by Gasteiger charge is -2.20. The van der Waals surface area contributed by atoms with Gasteiger partial charge in [0.05, 0.1) is 18.6 Å². The molecule has 9 nitrogen and oxygen atoms in total. The van der Waals surface area contributed by atoms with Crippen molar-refractivity contribution in [2.24, 2.45) is 5.92 Å². The molecular formula is C18H23N3O6. The number of carbonyl (C=O) groups excluding carboxylic acids is 2. The number of alkyl carbamates (subject to hydrolysis) is 1. The first-order valence-electron chi connectivity index (χ1n) is 8.35. The Balaban J connectivity index is 2.34. The van der Waals surface area contributed by atoms with Gasteiger partial charge < -0.3 is 25.6 Å².